The van der Waals surface area contributed by atoms with E-state index in [0.717, 1.165) is 17.5 Å². The molecule has 0 unspecified atom stereocenters. The maximum absolute atomic E-state index is 7.70. The quantitative estimate of drug-likeness (QED) is 0.282. The van der Waals surface area contributed by atoms with Crippen LogP contribution in [0.3, 0.4) is 0 Å². The van der Waals surface area contributed by atoms with Gasteiger partial charge in [0.25, 0.3) is 0 Å². The molecule has 0 amide bonds. The number of rotatable bonds is 6. The maximum atomic E-state index is 7.70. The Hall–Kier alpha value is -3.13. The predicted molar refractivity (Wildman–Crippen MR) is 122 cm³/mol. The molecule has 2 nitrogen and oxygen atoms in total. The third-order valence-corrected chi connectivity index (χ3v) is 5.17. The molecule has 0 saturated heterocycles. The summed E-state index contributed by atoms with van der Waals surface area (Å²) in [6.45, 7) is 6.62. The van der Waals surface area contributed by atoms with E-state index < -0.39 is 0 Å². The molecule has 0 radical (unpaired) electrons. The van der Waals surface area contributed by atoms with Crippen molar-refractivity contribution in [3.05, 3.63) is 101 Å². The lowest BCUT2D eigenvalue weighted by molar-refractivity contribution is 0.866. The molecule has 3 aromatic rings. The Balaban J connectivity index is 2.27. The van der Waals surface area contributed by atoms with E-state index in [-0.39, 0.29) is 0 Å². The summed E-state index contributed by atoms with van der Waals surface area (Å²) < 4.78 is 0. The molecule has 0 bridgehead atoms. The highest BCUT2D eigenvalue weighted by Crippen LogP contribution is 2.35. The number of nitrogens with two attached hydrogens (primary N) is 1. The molecule has 0 aliphatic carbocycles. The third-order valence-electron chi connectivity index (χ3n) is 5.17. The molecule has 3 aromatic carbocycles. The zero-order valence-electron chi connectivity index (χ0n) is 16.9. The van der Waals surface area contributed by atoms with Gasteiger partial charge in [-0.25, -0.2) is 0 Å². The van der Waals surface area contributed by atoms with Gasteiger partial charge < -0.3 is 11.1 Å². The second-order valence-corrected chi connectivity index (χ2v) is 7.34. The summed E-state index contributed by atoms with van der Waals surface area (Å²) in [7, 11) is 0. The minimum Gasteiger partial charge on any atom is -0.398 e. The van der Waals surface area contributed by atoms with Crippen LogP contribution in [0.4, 0.5) is 5.69 Å². The van der Waals surface area contributed by atoms with Crippen molar-refractivity contribution in [1.29, 1.82) is 5.41 Å². The first-order valence-electron chi connectivity index (χ1n) is 9.84. The molecule has 3 N–H and O–H groups in total. The van der Waals surface area contributed by atoms with Crippen LogP contribution in [0.1, 0.15) is 60.9 Å². The van der Waals surface area contributed by atoms with Gasteiger partial charge in [0, 0.05) is 17.5 Å². The molecular weight excluding hydrogens is 340 g/mol. The molecule has 0 fully saturated rings. The van der Waals surface area contributed by atoms with E-state index >= 15 is 0 Å². The Morgan fingerprint density at radius 3 is 2.11 bits per heavy atom. The van der Waals surface area contributed by atoms with Crippen LogP contribution in [-0.2, 0) is 0 Å². The molecule has 28 heavy (non-hydrogen) atoms. The van der Waals surface area contributed by atoms with E-state index in [1.807, 2.05) is 18.2 Å². The SMILES string of the molecule is CC/C(=C(\c1ccc(C(C)C)cc1)c1ccc(N)c(C=N)c1)c1ccccc1. The van der Waals surface area contributed by atoms with Crippen LogP contribution in [0.15, 0.2) is 72.8 Å². The van der Waals surface area contributed by atoms with Crippen molar-refractivity contribution in [2.24, 2.45) is 0 Å². The maximum Gasteiger partial charge on any atom is 0.0403 e. The molecule has 0 heterocycles. The highest BCUT2D eigenvalue weighted by molar-refractivity contribution is 6.00. The summed E-state index contributed by atoms with van der Waals surface area (Å²) in [6, 6.07) is 25.4. The smallest absolute Gasteiger partial charge is 0.0403 e. The minimum absolute atomic E-state index is 0.502. The van der Waals surface area contributed by atoms with Gasteiger partial charge in [-0.2, -0.15) is 0 Å². The fourth-order valence-electron chi connectivity index (χ4n) is 3.57. The Kier molecular flexibility index (Phi) is 6.10. The molecule has 0 spiro atoms. The van der Waals surface area contributed by atoms with Crippen LogP contribution in [-0.4, -0.2) is 6.21 Å². The summed E-state index contributed by atoms with van der Waals surface area (Å²) >= 11 is 0. The third kappa shape index (κ3) is 4.07. The summed E-state index contributed by atoms with van der Waals surface area (Å²) in [5.74, 6) is 0.502. The summed E-state index contributed by atoms with van der Waals surface area (Å²) in [5, 5.41) is 7.70. The van der Waals surface area contributed by atoms with E-state index in [1.165, 1.54) is 34.1 Å². The Morgan fingerprint density at radius 2 is 1.54 bits per heavy atom. The molecule has 0 aromatic heterocycles. The monoisotopic (exact) mass is 368 g/mol. The summed E-state index contributed by atoms with van der Waals surface area (Å²) in [6.07, 6.45) is 2.24. The van der Waals surface area contributed by atoms with Gasteiger partial charge in [0.05, 0.1) is 0 Å². The lowest BCUT2D eigenvalue weighted by Gasteiger charge is -2.18. The van der Waals surface area contributed by atoms with Crippen LogP contribution >= 0.6 is 0 Å². The zero-order valence-corrected chi connectivity index (χ0v) is 16.9. The van der Waals surface area contributed by atoms with E-state index in [2.05, 4.69) is 75.4 Å². The van der Waals surface area contributed by atoms with Crippen LogP contribution in [0, 0.1) is 5.41 Å². The second-order valence-electron chi connectivity index (χ2n) is 7.34. The molecule has 0 aliphatic rings. The highest BCUT2D eigenvalue weighted by atomic mass is 14.6. The Labute approximate surface area is 168 Å². The largest absolute Gasteiger partial charge is 0.398 e. The minimum atomic E-state index is 0.502. The first-order chi connectivity index (χ1) is 13.5. The summed E-state index contributed by atoms with van der Waals surface area (Å²) in [5.41, 5.74) is 14.7. The standard InChI is InChI=1S/C26H28N2/c1-4-24(20-8-6-5-7-9-20)26(21-12-10-19(11-13-21)18(2)3)22-14-15-25(28)23(16-22)17-27/h5-18,27H,4,28H2,1-3H3/b26-24-,27-17?. The second kappa shape index (κ2) is 8.71. The van der Waals surface area contributed by atoms with E-state index in [0.29, 0.717) is 11.6 Å². The first kappa shape index (κ1) is 19.6. The number of allylic oxidation sites excluding steroid dienone is 1. The Bertz CT molecular complexity index is 981. The molecular formula is C26H28N2. The number of hydrogen-bond acceptors (Lipinski definition) is 2. The predicted octanol–water partition coefficient (Wildman–Crippen LogP) is 6.76. The van der Waals surface area contributed by atoms with Gasteiger partial charge in [-0.05, 0) is 57.9 Å². The number of nitrogen functional groups attached to an aromatic ring is 1. The van der Waals surface area contributed by atoms with Crippen LogP contribution in [0.5, 0.6) is 0 Å². The first-order valence-corrected chi connectivity index (χ1v) is 9.84. The van der Waals surface area contributed by atoms with Crippen LogP contribution in [0.2, 0.25) is 0 Å². The van der Waals surface area contributed by atoms with E-state index in [1.54, 1.807) is 0 Å². The van der Waals surface area contributed by atoms with Crippen molar-refractivity contribution in [3.8, 4) is 0 Å². The van der Waals surface area contributed by atoms with Crippen LogP contribution < -0.4 is 5.73 Å². The summed E-state index contributed by atoms with van der Waals surface area (Å²) in [4.78, 5) is 0. The van der Waals surface area contributed by atoms with E-state index in [9.17, 15) is 0 Å². The molecule has 0 atom stereocenters. The van der Waals surface area contributed by atoms with Gasteiger partial charge in [0.2, 0.25) is 0 Å². The average molecular weight is 369 g/mol. The van der Waals surface area contributed by atoms with Crippen molar-refractivity contribution in [3.63, 3.8) is 0 Å². The van der Waals surface area contributed by atoms with Crippen molar-refractivity contribution in [2.75, 3.05) is 5.73 Å². The highest BCUT2D eigenvalue weighted by Gasteiger charge is 2.14. The lowest BCUT2D eigenvalue weighted by Crippen LogP contribution is -1.99. The van der Waals surface area contributed by atoms with Gasteiger partial charge >= 0.3 is 0 Å². The zero-order chi connectivity index (χ0) is 20.1. The molecule has 3 rings (SSSR count). The normalized spacial score (nSPS) is 12.0. The lowest BCUT2D eigenvalue weighted by atomic mass is 9.86. The van der Waals surface area contributed by atoms with Crippen molar-refractivity contribution >= 4 is 23.0 Å². The number of hydrogen-bond donors (Lipinski definition) is 2. The number of nitrogens with one attached hydrogen (secondary N) is 1. The van der Waals surface area contributed by atoms with Gasteiger partial charge in [0.1, 0.15) is 0 Å². The number of benzene rings is 3. The van der Waals surface area contributed by atoms with Gasteiger partial charge in [-0.15, -0.1) is 0 Å². The number of anilines is 1. The Morgan fingerprint density at radius 1 is 0.893 bits per heavy atom. The molecule has 2 heteroatoms. The van der Waals surface area contributed by atoms with Gasteiger partial charge in [-0.3, -0.25) is 0 Å². The van der Waals surface area contributed by atoms with Crippen molar-refractivity contribution in [2.45, 2.75) is 33.1 Å². The van der Waals surface area contributed by atoms with E-state index in [4.69, 9.17) is 11.1 Å². The topological polar surface area (TPSA) is 49.9 Å². The van der Waals surface area contributed by atoms with Crippen molar-refractivity contribution in [1.82, 2.24) is 0 Å². The molecule has 0 saturated carbocycles. The van der Waals surface area contributed by atoms with Crippen molar-refractivity contribution < 1.29 is 0 Å². The molecule has 0 aliphatic heterocycles. The van der Waals surface area contributed by atoms with Gasteiger partial charge in [-0.1, -0.05) is 81.4 Å². The average Bonchev–Trinajstić information content (AvgIpc) is 2.73. The van der Waals surface area contributed by atoms with Crippen LogP contribution in [0.25, 0.3) is 11.1 Å². The fraction of sp³-hybridized carbons (Fsp3) is 0.192. The van der Waals surface area contributed by atoms with Gasteiger partial charge in [0.15, 0.2) is 0 Å². The fourth-order valence-corrected chi connectivity index (χ4v) is 3.57. The molecule has 142 valence electrons.